The molecule has 0 bridgehead atoms. The molecule has 0 aromatic rings. The summed E-state index contributed by atoms with van der Waals surface area (Å²) in [5.74, 6) is 9.16. The van der Waals surface area contributed by atoms with Gasteiger partial charge in [-0.2, -0.15) is 0 Å². The molecule has 0 heterocycles. The molecule has 0 amide bonds. The smallest absolute Gasteiger partial charge is 0.332 e. The summed E-state index contributed by atoms with van der Waals surface area (Å²) in [7, 11) is 0. The number of ether oxygens (including phenoxy) is 3. The summed E-state index contributed by atoms with van der Waals surface area (Å²) in [6.45, 7) is 24.7. The molecule has 0 radical (unpaired) electrons. The standard InChI is InChI=1S/C58H94O5/c1-37(2)13-11-15-39(5)47-21-23-49-45-19-17-41-33-43(25-29-55(41,7)51(45)27-31-57(47,49)9)62-53(59)35-61-36-54(60)63-44-26-30-56(8)42(34-44)18-20-46-50-24-22-48(40(6)16-12-14-38(3)4)58(50,10)32-28-52(46)56/h17-18,37-40,43-52H,11-16,19-36H2,1-10H3/t39-,40-,43+,44+,45-,46+,47+,48-,49-,50+,51-,52-,55+,56-,57-,58+/m1/s1. The van der Waals surface area contributed by atoms with Crippen molar-refractivity contribution in [3.63, 3.8) is 0 Å². The highest BCUT2D eigenvalue weighted by atomic mass is 16.6. The van der Waals surface area contributed by atoms with Gasteiger partial charge < -0.3 is 14.2 Å². The van der Waals surface area contributed by atoms with Gasteiger partial charge in [0.15, 0.2) is 0 Å². The molecule has 6 fully saturated rings. The molecule has 5 heteroatoms. The molecule has 5 nitrogen and oxygen atoms in total. The van der Waals surface area contributed by atoms with Crippen LogP contribution in [0.2, 0.25) is 0 Å². The Balaban J connectivity index is 0.767. The SMILES string of the molecule is CC(C)CCC[C@@H](C)[C@H]1CC[C@H]2[C@@H]3CC=C4C[C@@H](OC(=O)COCC(=O)O[C@H]5CC[C@@]6(C)C(=CC[C@@H]7[C@H]8CC[C@@H]([C@H](C)CCCC(C)C)[C@@]8(C)CC[C@H]76)C5)CC[C@@]4(C)[C@@H]3CC[C@@]12C. The highest BCUT2D eigenvalue weighted by Gasteiger charge is 2.61. The second kappa shape index (κ2) is 19.2. The van der Waals surface area contributed by atoms with Crippen molar-refractivity contribution in [2.75, 3.05) is 13.2 Å². The maximum Gasteiger partial charge on any atom is 0.332 e. The van der Waals surface area contributed by atoms with Gasteiger partial charge in [-0.15, -0.1) is 0 Å². The first-order valence-electron chi connectivity index (χ1n) is 27.3. The molecule has 63 heavy (non-hydrogen) atoms. The largest absolute Gasteiger partial charge is 0.460 e. The second-order valence-electron chi connectivity index (χ2n) is 25.8. The number of fused-ring (bicyclic) bond motifs is 10. The van der Waals surface area contributed by atoms with Crippen molar-refractivity contribution in [2.45, 2.75) is 223 Å². The van der Waals surface area contributed by atoms with Gasteiger partial charge in [0.25, 0.3) is 0 Å². The number of esters is 2. The van der Waals surface area contributed by atoms with Crippen LogP contribution in [0.25, 0.3) is 0 Å². The van der Waals surface area contributed by atoms with Gasteiger partial charge >= 0.3 is 11.9 Å². The Labute approximate surface area is 386 Å². The average Bonchev–Trinajstić information content (AvgIpc) is 3.77. The lowest BCUT2D eigenvalue weighted by Gasteiger charge is -2.58. The topological polar surface area (TPSA) is 61.8 Å². The van der Waals surface area contributed by atoms with Crippen molar-refractivity contribution < 1.29 is 23.8 Å². The summed E-state index contributed by atoms with van der Waals surface area (Å²) in [4.78, 5) is 26.2. The van der Waals surface area contributed by atoms with Crippen molar-refractivity contribution in [1.82, 2.24) is 0 Å². The average molecular weight is 871 g/mol. The van der Waals surface area contributed by atoms with Gasteiger partial charge in [-0.25, -0.2) is 9.59 Å². The van der Waals surface area contributed by atoms with Gasteiger partial charge in [0.1, 0.15) is 25.4 Å². The number of allylic oxidation sites excluding steroid dienone is 2. The normalized spacial score (nSPS) is 42.7. The zero-order chi connectivity index (χ0) is 44.9. The van der Waals surface area contributed by atoms with Crippen LogP contribution in [0.1, 0.15) is 210 Å². The van der Waals surface area contributed by atoms with Gasteiger partial charge in [0.05, 0.1) is 0 Å². The number of rotatable bonds is 16. The van der Waals surface area contributed by atoms with Crippen LogP contribution in [-0.4, -0.2) is 37.4 Å². The van der Waals surface area contributed by atoms with E-state index < -0.39 is 0 Å². The molecule has 0 unspecified atom stereocenters. The van der Waals surface area contributed by atoms with E-state index in [0.717, 1.165) is 110 Å². The maximum absolute atomic E-state index is 13.1. The van der Waals surface area contributed by atoms with Gasteiger partial charge in [-0.3, -0.25) is 0 Å². The lowest BCUT2D eigenvalue weighted by atomic mass is 9.47. The van der Waals surface area contributed by atoms with Crippen LogP contribution in [0.3, 0.4) is 0 Å². The van der Waals surface area contributed by atoms with Crippen LogP contribution in [0, 0.1) is 92.7 Å². The van der Waals surface area contributed by atoms with Crippen molar-refractivity contribution in [3.8, 4) is 0 Å². The third kappa shape index (κ3) is 9.35. The Morgan fingerprint density at radius 2 is 0.952 bits per heavy atom. The molecule has 356 valence electrons. The Morgan fingerprint density at radius 3 is 1.35 bits per heavy atom. The molecule has 8 aliphatic carbocycles. The first-order chi connectivity index (χ1) is 30.0. The van der Waals surface area contributed by atoms with E-state index in [1.807, 2.05) is 0 Å². The van der Waals surface area contributed by atoms with Crippen LogP contribution < -0.4 is 0 Å². The Kier molecular flexibility index (Phi) is 14.6. The highest BCUT2D eigenvalue weighted by molar-refractivity contribution is 5.73. The quantitative estimate of drug-likeness (QED) is 0.114. The summed E-state index contributed by atoms with van der Waals surface area (Å²) >= 11 is 0. The molecule has 0 aromatic heterocycles. The van der Waals surface area contributed by atoms with Crippen LogP contribution >= 0.6 is 0 Å². The van der Waals surface area contributed by atoms with Crippen molar-refractivity contribution in [3.05, 3.63) is 23.3 Å². The lowest BCUT2D eigenvalue weighted by molar-refractivity contribution is -0.163. The predicted molar refractivity (Wildman–Crippen MR) is 257 cm³/mol. The first-order valence-corrected chi connectivity index (χ1v) is 27.3. The highest BCUT2D eigenvalue weighted by Crippen LogP contribution is 2.69. The third-order valence-electron chi connectivity index (χ3n) is 21.6. The summed E-state index contributed by atoms with van der Waals surface area (Å²) in [5.41, 5.74) is 4.52. The molecule has 16 atom stereocenters. The minimum Gasteiger partial charge on any atom is -0.460 e. The molecule has 0 N–H and O–H groups in total. The van der Waals surface area contributed by atoms with Crippen LogP contribution in [0.4, 0.5) is 0 Å². The first kappa shape index (κ1) is 47.9. The van der Waals surface area contributed by atoms with Crippen molar-refractivity contribution >= 4 is 11.9 Å². The molecular formula is C58H94O5. The van der Waals surface area contributed by atoms with Crippen LogP contribution in [0.15, 0.2) is 23.3 Å². The summed E-state index contributed by atoms with van der Waals surface area (Å²) in [6.07, 6.45) is 32.6. The fourth-order valence-electron chi connectivity index (χ4n) is 18.2. The van der Waals surface area contributed by atoms with E-state index in [4.69, 9.17) is 14.2 Å². The van der Waals surface area contributed by atoms with Crippen LogP contribution in [-0.2, 0) is 23.8 Å². The second-order valence-corrected chi connectivity index (χ2v) is 25.8. The Bertz CT molecular complexity index is 1560. The zero-order valence-electron chi connectivity index (χ0n) is 42.2. The molecular weight excluding hydrogens is 777 g/mol. The van der Waals surface area contributed by atoms with E-state index in [9.17, 15) is 9.59 Å². The van der Waals surface area contributed by atoms with Crippen molar-refractivity contribution in [2.24, 2.45) is 92.7 Å². The number of hydrogen-bond acceptors (Lipinski definition) is 5. The minimum atomic E-state index is -0.355. The van der Waals surface area contributed by atoms with E-state index in [1.165, 1.54) is 114 Å². The van der Waals surface area contributed by atoms with Crippen LogP contribution in [0.5, 0.6) is 0 Å². The summed E-state index contributed by atoms with van der Waals surface area (Å²) in [6, 6.07) is 0. The number of carbonyl (C=O) groups excluding carboxylic acids is 2. The summed E-state index contributed by atoms with van der Waals surface area (Å²) < 4.78 is 17.8. The number of carbonyl (C=O) groups is 2. The predicted octanol–water partition coefficient (Wildman–Crippen LogP) is 14.9. The van der Waals surface area contributed by atoms with Crippen molar-refractivity contribution in [1.29, 1.82) is 0 Å². The third-order valence-corrected chi connectivity index (χ3v) is 21.6. The molecule has 8 aliphatic rings. The monoisotopic (exact) mass is 871 g/mol. The Morgan fingerprint density at radius 1 is 0.540 bits per heavy atom. The van der Waals surface area contributed by atoms with E-state index >= 15 is 0 Å². The molecule has 8 rings (SSSR count). The zero-order valence-corrected chi connectivity index (χ0v) is 42.2. The minimum absolute atomic E-state index is 0.101. The summed E-state index contributed by atoms with van der Waals surface area (Å²) in [5, 5.41) is 0. The molecule has 0 spiro atoms. The lowest BCUT2D eigenvalue weighted by Crippen LogP contribution is -2.51. The van der Waals surface area contributed by atoms with E-state index in [0.29, 0.717) is 10.8 Å². The Hall–Kier alpha value is -1.62. The number of hydrogen-bond donors (Lipinski definition) is 0. The van der Waals surface area contributed by atoms with Gasteiger partial charge in [-0.05, 0) is 183 Å². The molecule has 0 aromatic carbocycles. The molecule has 0 aliphatic heterocycles. The van der Waals surface area contributed by atoms with Gasteiger partial charge in [-0.1, -0.05) is 131 Å². The maximum atomic E-state index is 13.1. The fourth-order valence-corrected chi connectivity index (χ4v) is 18.2. The molecule has 6 saturated carbocycles. The van der Waals surface area contributed by atoms with E-state index in [1.54, 1.807) is 0 Å². The molecule has 0 saturated heterocycles. The van der Waals surface area contributed by atoms with Gasteiger partial charge in [0.2, 0.25) is 0 Å². The fraction of sp³-hybridized carbons (Fsp3) is 0.897. The van der Waals surface area contributed by atoms with Gasteiger partial charge in [0, 0.05) is 12.8 Å². The van der Waals surface area contributed by atoms with E-state index in [-0.39, 0.29) is 48.2 Å². The van der Waals surface area contributed by atoms with E-state index in [2.05, 4.69) is 81.4 Å².